The van der Waals surface area contributed by atoms with Crippen molar-refractivity contribution in [2.24, 2.45) is 0 Å². The van der Waals surface area contributed by atoms with Gasteiger partial charge in [0, 0.05) is 19.2 Å². The Balaban J connectivity index is 2.27. The minimum Gasteiger partial charge on any atom is -0.446 e. The molecule has 1 aromatic rings. The average molecular weight is 174 g/mol. The Morgan fingerprint density at radius 3 is 2.91 bits per heavy atom. The van der Waals surface area contributed by atoms with Crippen LogP contribution in [0.25, 0.3) is 0 Å². The van der Waals surface area contributed by atoms with E-state index in [1.807, 2.05) is 6.92 Å². The van der Waals surface area contributed by atoms with Gasteiger partial charge in [-0.1, -0.05) is 0 Å². The van der Waals surface area contributed by atoms with Crippen molar-refractivity contribution >= 4 is 11.6 Å². The molecule has 0 radical (unpaired) electrons. The first-order chi connectivity index (χ1) is 5.33. The van der Waals surface area contributed by atoms with Gasteiger partial charge in [0.25, 0.3) is 0 Å². The van der Waals surface area contributed by atoms with Gasteiger partial charge in [-0.05, 0) is 12.8 Å². The van der Waals surface area contributed by atoms with E-state index in [1.54, 1.807) is 6.20 Å². The number of unbranched alkanes of at least 4 members (excludes halogenated alkanes) is 1. The van der Waals surface area contributed by atoms with E-state index in [-0.39, 0.29) is 0 Å². The van der Waals surface area contributed by atoms with E-state index in [9.17, 15) is 0 Å². The van der Waals surface area contributed by atoms with Crippen molar-refractivity contribution in [1.82, 2.24) is 4.98 Å². The normalized spacial score (nSPS) is 10.4. The standard InChI is InChI=1S/C8H12ClNO/c1-7-10-6-8(11-7)4-2-3-5-9/h6H,2-5H2,1H3. The van der Waals surface area contributed by atoms with Crippen LogP contribution in [0.3, 0.4) is 0 Å². The number of alkyl halides is 1. The number of hydrogen-bond donors (Lipinski definition) is 0. The van der Waals surface area contributed by atoms with Crippen molar-refractivity contribution in [2.75, 3.05) is 5.88 Å². The molecule has 0 spiro atoms. The second-order valence-electron chi connectivity index (χ2n) is 2.49. The van der Waals surface area contributed by atoms with Crippen molar-refractivity contribution in [1.29, 1.82) is 0 Å². The van der Waals surface area contributed by atoms with Crippen LogP contribution < -0.4 is 0 Å². The third-order valence-electron chi connectivity index (χ3n) is 1.48. The number of aromatic nitrogens is 1. The number of rotatable bonds is 4. The Morgan fingerprint density at radius 2 is 2.36 bits per heavy atom. The van der Waals surface area contributed by atoms with Gasteiger partial charge >= 0.3 is 0 Å². The maximum Gasteiger partial charge on any atom is 0.191 e. The van der Waals surface area contributed by atoms with Gasteiger partial charge < -0.3 is 4.42 Å². The highest BCUT2D eigenvalue weighted by Crippen LogP contribution is 2.06. The molecule has 0 aromatic carbocycles. The van der Waals surface area contributed by atoms with Crippen LogP contribution in [0.1, 0.15) is 24.5 Å². The summed E-state index contributed by atoms with van der Waals surface area (Å²) in [5.74, 6) is 2.44. The van der Waals surface area contributed by atoms with Crippen molar-refractivity contribution in [3.05, 3.63) is 17.8 Å². The van der Waals surface area contributed by atoms with Crippen LogP contribution in [0.2, 0.25) is 0 Å². The highest BCUT2D eigenvalue weighted by Gasteiger charge is 1.98. The third kappa shape index (κ3) is 2.93. The lowest BCUT2D eigenvalue weighted by Crippen LogP contribution is -1.82. The molecule has 11 heavy (non-hydrogen) atoms. The molecule has 0 bridgehead atoms. The third-order valence-corrected chi connectivity index (χ3v) is 1.74. The predicted octanol–water partition coefficient (Wildman–Crippen LogP) is 2.54. The minimum atomic E-state index is 0.729. The molecule has 1 rings (SSSR count). The minimum absolute atomic E-state index is 0.729. The second-order valence-corrected chi connectivity index (χ2v) is 2.87. The number of nitrogens with zero attached hydrogens (tertiary/aromatic N) is 1. The fourth-order valence-electron chi connectivity index (χ4n) is 0.915. The quantitative estimate of drug-likeness (QED) is 0.517. The summed E-state index contributed by atoms with van der Waals surface area (Å²) in [5.41, 5.74) is 0. The van der Waals surface area contributed by atoms with Gasteiger partial charge in [-0.2, -0.15) is 0 Å². The lowest BCUT2D eigenvalue weighted by atomic mass is 10.2. The molecule has 0 atom stereocenters. The van der Waals surface area contributed by atoms with Crippen LogP contribution in [-0.2, 0) is 6.42 Å². The molecule has 0 N–H and O–H groups in total. The zero-order chi connectivity index (χ0) is 8.10. The highest BCUT2D eigenvalue weighted by molar-refractivity contribution is 6.17. The molecule has 0 saturated carbocycles. The lowest BCUT2D eigenvalue weighted by molar-refractivity contribution is 0.468. The molecule has 0 amide bonds. The van der Waals surface area contributed by atoms with Crippen LogP contribution >= 0.6 is 11.6 Å². The summed E-state index contributed by atoms with van der Waals surface area (Å²) in [6, 6.07) is 0. The van der Waals surface area contributed by atoms with Crippen molar-refractivity contribution in [2.45, 2.75) is 26.2 Å². The Bertz CT molecular complexity index is 210. The average Bonchev–Trinajstić information content (AvgIpc) is 2.37. The van der Waals surface area contributed by atoms with E-state index < -0.39 is 0 Å². The molecule has 1 aromatic heterocycles. The molecule has 0 fully saturated rings. The van der Waals surface area contributed by atoms with Crippen LogP contribution in [0.4, 0.5) is 0 Å². The van der Waals surface area contributed by atoms with Gasteiger partial charge in [-0.3, -0.25) is 0 Å². The molecule has 0 aliphatic carbocycles. The molecular weight excluding hydrogens is 162 g/mol. The molecule has 0 aliphatic heterocycles. The zero-order valence-corrected chi connectivity index (χ0v) is 7.40. The maximum absolute atomic E-state index is 5.53. The lowest BCUT2D eigenvalue weighted by Gasteiger charge is -1.92. The molecular formula is C8H12ClNO. The van der Waals surface area contributed by atoms with E-state index in [0.29, 0.717) is 0 Å². The largest absolute Gasteiger partial charge is 0.446 e. The van der Waals surface area contributed by atoms with Crippen molar-refractivity contribution in [3.8, 4) is 0 Å². The maximum atomic E-state index is 5.53. The first kappa shape index (κ1) is 8.60. The van der Waals surface area contributed by atoms with E-state index in [1.165, 1.54) is 0 Å². The zero-order valence-electron chi connectivity index (χ0n) is 6.64. The molecule has 0 saturated heterocycles. The van der Waals surface area contributed by atoms with Crippen LogP contribution in [0.15, 0.2) is 10.6 Å². The first-order valence-corrected chi connectivity index (χ1v) is 4.33. The predicted molar refractivity (Wildman–Crippen MR) is 44.9 cm³/mol. The molecule has 3 heteroatoms. The summed E-state index contributed by atoms with van der Waals surface area (Å²) in [4.78, 5) is 4.00. The van der Waals surface area contributed by atoms with E-state index in [0.717, 1.165) is 36.8 Å². The Morgan fingerprint density at radius 1 is 1.55 bits per heavy atom. The Labute approximate surface area is 71.6 Å². The Kier molecular flexibility index (Phi) is 3.43. The summed E-state index contributed by atoms with van der Waals surface area (Å²) in [7, 11) is 0. The summed E-state index contributed by atoms with van der Waals surface area (Å²) >= 11 is 5.53. The Hall–Kier alpha value is -0.500. The van der Waals surface area contributed by atoms with E-state index in [4.69, 9.17) is 16.0 Å². The molecule has 2 nitrogen and oxygen atoms in total. The number of hydrogen-bond acceptors (Lipinski definition) is 2. The smallest absolute Gasteiger partial charge is 0.191 e. The van der Waals surface area contributed by atoms with Crippen LogP contribution in [-0.4, -0.2) is 10.9 Å². The van der Waals surface area contributed by atoms with Gasteiger partial charge in [0.05, 0.1) is 6.20 Å². The second kappa shape index (κ2) is 4.39. The fourth-order valence-corrected chi connectivity index (χ4v) is 1.10. The number of oxazole rings is 1. The summed E-state index contributed by atoms with van der Waals surface area (Å²) in [6.45, 7) is 1.85. The van der Waals surface area contributed by atoms with E-state index in [2.05, 4.69) is 4.98 Å². The SMILES string of the molecule is Cc1ncc(CCCCCl)o1. The highest BCUT2D eigenvalue weighted by atomic mass is 35.5. The number of halogens is 1. The van der Waals surface area contributed by atoms with Gasteiger partial charge in [-0.25, -0.2) is 4.98 Å². The van der Waals surface area contributed by atoms with Gasteiger partial charge in [-0.15, -0.1) is 11.6 Å². The van der Waals surface area contributed by atoms with Crippen molar-refractivity contribution < 1.29 is 4.42 Å². The molecule has 0 aliphatic rings. The fraction of sp³-hybridized carbons (Fsp3) is 0.625. The van der Waals surface area contributed by atoms with Gasteiger partial charge in [0.2, 0.25) is 0 Å². The first-order valence-electron chi connectivity index (χ1n) is 3.80. The van der Waals surface area contributed by atoms with Gasteiger partial charge in [0.1, 0.15) is 5.76 Å². The topological polar surface area (TPSA) is 26.0 Å². The summed E-state index contributed by atoms with van der Waals surface area (Å²) in [6.07, 6.45) is 4.86. The van der Waals surface area contributed by atoms with Crippen LogP contribution in [0.5, 0.6) is 0 Å². The summed E-state index contributed by atoms with van der Waals surface area (Å²) in [5, 5.41) is 0. The van der Waals surface area contributed by atoms with Gasteiger partial charge in [0.15, 0.2) is 5.89 Å². The number of aryl methyl sites for hydroxylation is 2. The van der Waals surface area contributed by atoms with E-state index >= 15 is 0 Å². The van der Waals surface area contributed by atoms with Crippen molar-refractivity contribution in [3.63, 3.8) is 0 Å². The summed E-state index contributed by atoms with van der Waals surface area (Å²) < 4.78 is 5.28. The molecule has 62 valence electrons. The van der Waals surface area contributed by atoms with Crippen LogP contribution in [0, 0.1) is 6.92 Å². The monoisotopic (exact) mass is 173 g/mol. The molecule has 1 heterocycles. The molecule has 0 unspecified atom stereocenters.